The maximum absolute atomic E-state index is 12.5. The van der Waals surface area contributed by atoms with E-state index in [1.54, 1.807) is 6.08 Å². The van der Waals surface area contributed by atoms with Crippen molar-refractivity contribution in [1.29, 1.82) is 0 Å². The molecular weight excluding hydrogens is 691 g/mol. The second-order valence-corrected chi connectivity index (χ2v) is 17.0. The van der Waals surface area contributed by atoms with Gasteiger partial charge in [0, 0.05) is 0 Å². The van der Waals surface area contributed by atoms with E-state index in [-0.39, 0.29) is 6.61 Å². The average Bonchev–Trinajstić information content (AvgIpc) is 3.20. The first-order valence-electron chi connectivity index (χ1n) is 24.8. The van der Waals surface area contributed by atoms with Crippen molar-refractivity contribution in [3.8, 4) is 0 Å². The van der Waals surface area contributed by atoms with Crippen LogP contribution in [0.25, 0.3) is 0 Å². The van der Waals surface area contributed by atoms with Gasteiger partial charge in [0.1, 0.15) is 6.10 Å². The number of nitrogens with one attached hydrogen (secondary N) is 1. The first kappa shape index (κ1) is 54.6. The average molecular weight is 788 g/mol. The lowest BCUT2D eigenvalue weighted by Gasteiger charge is -2.21. The van der Waals surface area contributed by atoms with Gasteiger partial charge in [-0.3, -0.25) is 4.79 Å². The Balaban J connectivity index is 3.52. The summed E-state index contributed by atoms with van der Waals surface area (Å²) in [5.41, 5.74) is 0. The van der Waals surface area contributed by atoms with E-state index < -0.39 is 24.2 Å². The summed E-state index contributed by atoms with van der Waals surface area (Å²) in [5, 5.41) is 33.1. The molecule has 0 fully saturated rings. The largest absolute Gasteiger partial charge is 0.394 e. The SMILES string of the molecule is CCCC/C=C/CC/C=C/CC/C=C/C(O)C(CO)NC(=O)C(O)CCCCCCCCCCCCCCCCCCCCCCCCCCCCCCCC. The highest BCUT2D eigenvalue weighted by Crippen LogP contribution is 2.17. The van der Waals surface area contributed by atoms with Crippen LogP contribution in [0.4, 0.5) is 0 Å². The lowest BCUT2D eigenvalue weighted by molar-refractivity contribution is -0.131. The molecule has 3 unspecified atom stereocenters. The predicted molar refractivity (Wildman–Crippen MR) is 245 cm³/mol. The van der Waals surface area contributed by atoms with Crippen molar-refractivity contribution in [3.63, 3.8) is 0 Å². The highest BCUT2D eigenvalue weighted by atomic mass is 16.3. The maximum Gasteiger partial charge on any atom is 0.249 e. The van der Waals surface area contributed by atoms with Gasteiger partial charge in [-0.05, 0) is 38.5 Å². The van der Waals surface area contributed by atoms with E-state index in [0.29, 0.717) is 6.42 Å². The Hall–Kier alpha value is -1.43. The number of rotatable bonds is 45. The Labute approximate surface area is 349 Å². The third kappa shape index (κ3) is 40.8. The van der Waals surface area contributed by atoms with Crippen LogP contribution in [0, 0.1) is 0 Å². The first-order valence-corrected chi connectivity index (χ1v) is 24.8. The Bertz CT molecular complexity index is 870. The molecule has 330 valence electrons. The molecule has 0 bridgehead atoms. The Morgan fingerprint density at radius 2 is 0.732 bits per heavy atom. The molecule has 56 heavy (non-hydrogen) atoms. The summed E-state index contributed by atoms with van der Waals surface area (Å²) in [6, 6.07) is -0.818. The molecule has 5 heteroatoms. The number of hydrogen-bond acceptors (Lipinski definition) is 4. The van der Waals surface area contributed by atoms with Gasteiger partial charge >= 0.3 is 0 Å². The van der Waals surface area contributed by atoms with E-state index in [1.807, 2.05) is 6.08 Å². The lowest BCUT2D eigenvalue weighted by atomic mass is 10.0. The monoisotopic (exact) mass is 788 g/mol. The third-order valence-corrected chi connectivity index (χ3v) is 11.5. The van der Waals surface area contributed by atoms with E-state index in [4.69, 9.17) is 0 Å². The van der Waals surface area contributed by atoms with Crippen LogP contribution in [-0.4, -0.2) is 46.1 Å². The van der Waals surface area contributed by atoms with Crippen molar-refractivity contribution < 1.29 is 20.1 Å². The van der Waals surface area contributed by atoms with E-state index in [9.17, 15) is 20.1 Å². The van der Waals surface area contributed by atoms with E-state index >= 15 is 0 Å². The highest BCUT2D eigenvalue weighted by Gasteiger charge is 2.22. The molecule has 0 rings (SSSR count). The first-order chi connectivity index (χ1) is 27.6. The number of amides is 1. The summed E-state index contributed by atoms with van der Waals surface area (Å²) in [4.78, 5) is 12.5. The Morgan fingerprint density at radius 1 is 0.429 bits per heavy atom. The van der Waals surface area contributed by atoms with Crippen LogP contribution >= 0.6 is 0 Å². The Kier molecular flexibility index (Phi) is 45.1. The molecule has 0 aliphatic carbocycles. The number of allylic oxidation sites excluding steroid dienone is 5. The molecule has 0 heterocycles. The topological polar surface area (TPSA) is 89.8 Å². The van der Waals surface area contributed by atoms with Gasteiger partial charge in [-0.15, -0.1) is 0 Å². The van der Waals surface area contributed by atoms with Crippen LogP contribution in [0.15, 0.2) is 36.5 Å². The summed E-state index contributed by atoms with van der Waals surface area (Å²) >= 11 is 0. The van der Waals surface area contributed by atoms with E-state index in [1.165, 1.54) is 193 Å². The van der Waals surface area contributed by atoms with Crippen molar-refractivity contribution in [3.05, 3.63) is 36.5 Å². The molecule has 3 atom stereocenters. The highest BCUT2D eigenvalue weighted by molar-refractivity contribution is 5.80. The number of aliphatic hydroxyl groups excluding tert-OH is 3. The second-order valence-electron chi connectivity index (χ2n) is 17.0. The molecular formula is C51H97NO4. The van der Waals surface area contributed by atoms with Crippen molar-refractivity contribution in [2.75, 3.05) is 6.61 Å². The molecule has 4 N–H and O–H groups in total. The molecule has 0 saturated heterocycles. The fraction of sp³-hybridized carbons (Fsp3) is 0.863. The van der Waals surface area contributed by atoms with Gasteiger partial charge in [0.05, 0.1) is 18.8 Å². The number of hydrogen-bond donors (Lipinski definition) is 4. The number of carbonyl (C=O) groups excluding carboxylic acids is 1. The minimum Gasteiger partial charge on any atom is -0.394 e. The van der Waals surface area contributed by atoms with Gasteiger partial charge < -0.3 is 20.6 Å². The van der Waals surface area contributed by atoms with Crippen molar-refractivity contribution in [2.45, 2.75) is 276 Å². The fourth-order valence-corrected chi connectivity index (χ4v) is 7.56. The zero-order valence-corrected chi connectivity index (χ0v) is 37.5. The van der Waals surface area contributed by atoms with Crippen LogP contribution in [0.1, 0.15) is 258 Å². The van der Waals surface area contributed by atoms with Gasteiger partial charge in [-0.1, -0.05) is 256 Å². The van der Waals surface area contributed by atoms with E-state index in [2.05, 4.69) is 43.5 Å². The summed E-state index contributed by atoms with van der Waals surface area (Å²) in [7, 11) is 0. The molecule has 0 spiro atoms. The van der Waals surface area contributed by atoms with Crippen LogP contribution < -0.4 is 5.32 Å². The smallest absolute Gasteiger partial charge is 0.249 e. The number of aliphatic hydroxyl groups is 3. The van der Waals surface area contributed by atoms with Gasteiger partial charge in [0.15, 0.2) is 0 Å². The van der Waals surface area contributed by atoms with Crippen LogP contribution in [0.3, 0.4) is 0 Å². The minimum absolute atomic E-state index is 0.380. The fourth-order valence-electron chi connectivity index (χ4n) is 7.56. The van der Waals surface area contributed by atoms with E-state index in [0.717, 1.165) is 44.9 Å². The molecule has 0 aromatic rings. The summed E-state index contributed by atoms with van der Waals surface area (Å²) in [6.07, 6.45) is 59.3. The summed E-state index contributed by atoms with van der Waals surface area (Å²) in [6.45, 7) is 4.13. The number of unbranched alkanes of at least 4 members (excludes halogenated alkanes) is 33. The third-order valence-electron chi connectivity index (χ3n) is 11.5. The zero-order chi connectivity index (χ0) is 40.8. The molecule has 0 aromatic heterocycles. The lowest BCUT2D eigenvalue weighted by Crippen LogP contribution is -2.48. The quantitative estimate of drug-likeness (QED) is 0.0365. The normalized spacial score (nSPS) is 13.7. The molecule has 0 saturated carbocycles. The van der Waals surface area contributed by atoms with Crippen LogP contribution in [0.5, 0.6) is 0 Å². The van der Waals surface area contributed by atoms with Crippen molar-refractivity contribution in [1.82, 2.24) is 5.32 Å². The molecule has 0 aliphatic rings. The molecule has 1 amide bonds. The number of carbonyl (C=O) groups is 1. The summed E-state index contributed by atoms with van der Waals surface area (Å²) < 4.78 is 0. The van der Waals surface area contributed by atoms with Crippen LogP contribution in [-0.2, 0) is 4.79 Å². The maximum atomic E-state index is 12.5. The molecule has 0 aliphatic heterocycles. The molecule has 0 radical (unpaired) electrons. The zero-order valence-electron chi connectivity index (χ0n) is 37.5. The van der Waals surface area contributed by atoms with Gasteiger partial charge in [0.2, 0.25) is 5.91 Å². The van der Waals surface area contributed by atoms with Crippen molar-refractivity contribution in [2.24, 2.45) is 0 Å². The van der Waals surface area contributed by atoms with Gasteiger partial charge in [0.25, 0.3) is 0 Å². The summed E-state index contributed by atoms with van der Waals surface area (Å²) in [5.74, 6) is -0.515. The Morgan fingerprint density at radius 3 is 1.07 bits per heavy atom. The standard InChI is InChI=1S/C51H97NO4/c1-3-5-7-9-11-13-15-17-18-19-20-21-22-23-24-25-26-27-28-29-30-31-32-33-34-36-38-40-42-44-46-50(55)51(56)52-48(47-53)49(54)45-43-41-39-37-35-16-14-12-10-8-6-4-2/h10,12,35,37,43,45,48-50,53-55H,3-9,11,13-34,36,38-42,44,46-47H2,1-2H3,(H,52,56)/b12-10+,37-35+,45-43+. The minimum atomic E-state index is -1.11. The van der Waals surface area contributed by atoms with Gasteiger partial charge in [-0.2, -0.15) is 0 Å². The molecule has 0 aromatic carbocycles. The second kappa shape index (κ2) is 46.3. The predicted octanol–water partition coefficient (Wildman–Crippen LogP) is 14.7. The van der Waals surface area contributed by atoms with Crippen molar-refractivity contribution >= 4 is 5.91 Å². The van der Waals surface area contributed by atoms with Gasteiger partial charge in [-0.25, -0.2) is 0 Å². The molecule has 5 nitrogen and oxygen atoms in total. The van der Waals surface area contributed by atoms with Crippen LogP contribution in [0.2, 0.25) is 0 Å².